The quantitative estimate of drug-likeness (QED) is 0.858. The Morgan fingerprint density at radius 2 is 1.62 bits per heavy atom. The topological polar surface area (TPSA) is 40.6 Å². The lowest BCUT2D eigenvalue weighted by Crippen LogP contribution is -2.57. The molecule has 0 N–H and O–H groups in total. The average molecular weight is 312 g/mol. The second kappa shape index (κ2) is 5.34. The Balaban J connectivity index is 1.89. The van der Waals surface area contributed by atoms with E-state index in [1.807, 2.05) is 0 Å². The van der Waals surface area contributed by atoms with Crippen LogP contribution in [0.15, 0.2) is 29.2 Å². The third-order valence-electron chi connectivity index (χ3n) is 4.56. The van der Waals surface area contributed by atoms with Crippen LogP contribution in [0.5, 0.6) is 0 Å². The summed E-state index contributed by atoms with van der Waals surface area (Å²) >= 11 is 0. The van der Waals surface area contributed by atoms with Gasteiger partial charge in [0.1, 0.15) is 5.82 Å². The Morgan fingerprint density at radius 3 is 2.10 bits per heavy atom. The number of rotatable bonds is 3. The highest BCUT2D eigenvalue weighted by molar-refractivity contribution is 7.89. The first-order chi connectivity index (χ1) is 9.89. The molecule has 116 valence electrons. The Kier molecular flexibility index (Phi) is 3.80. The van der Waals surface area contributed by atoms with Crippen LogP contribution in [0.1, 0.15) is 26.7 Å². The van der Waals surface area contributed by atoms with Crippen molar-refractivity contribution in [3.8, 4) is 0 Å². The summed E-state index contributed by atoms with van der Waals surface area (Å²) in [5.74, 6) is -0.415. The summed E-state index contributed by atoms with van der Waals surface area (Å²) in [6, 6.07) is 5.65. The Morgan fingerprint density at radius 1 is 1.10 bits per heavy atom. The smallest absolute Gasteiger partial charge is 0.243 e. The van der Waals surface area contributed by atoms with Gasteiger partial charge in [-0.1, -0.05) is 0 Å². The molecule has 2 heterocycles. The van der Waals surface area contributed by atoms with E-state index in [-0.39, 0.29) is 17.0 Å². The van der Waals surface area contributed by atoms with Crippen molar-refractivity contribution in [2.75, 3.05) is 13.1 Å². The van der Waals surface area contributed by atoms with Gasteiger partial charge in [0.15, 0.2) is 0 Å². The van der Waals surface area contributed by atoms with Gasteiger partial charge in [0.2, 0.25) is 10.0 Å². The average Bonchev–Trinajstić information content (AvgIpc) is 2.71. The fraction of sp³-hybridized carbons (Fsp3) is 0.600. The number of sulfonamides is 1. The van der Waals surface area contributed by atoms with Crippen LogP contribution >= 0.6 is 0 Å². The van der Waals surface area contributed by atoms with Crippen LogP contribution in [-0.4, -0.2) is 48.8 Å². The van der Waals surface area contributed by atoms with Crippen LogP contribution in [0, 0.1) is 5.82 Å². The second-order valence-corrected chi connectivity index (χ2v) is 8.06. The summed E-state index contributed by atoms with van der Waals surface area (Å²) in [5.41, 5.74) is 0. The number of piperazine rings is 1. The summed E-state index contributed by atoms with van der Waals surface area (Å²) in [6.07, 6.45) is 1.82. The minimum absolute atomic E-state index is 0.0428. The lowest BCUT2D eigenvalue weighted by atomic mass is 10.2. The standard InChI is InChI=1S/C15H21FN2O2S/c1-11(2)17-9-13-5-6-14(10-17)18(13)21(19,20)15-7-3-12(16)4-8-15/h3-4,7-8,11,13-14H,5-6,9-10H2,1-2H3. The molecule has 0 aromatic heterocycles. The molecule has 0 radical (unpaired) electrons. The van der Waals surface area contributed by atoms with Crippen molar-refractivity contribution in [2.45, 2.75) is 49.7 Å². The summed E-state index contributed by atoms with van der Waals surface area (Å²) in [4.78, 5) is 2.54. The maximum Gasteiger partial charge on any atom is 0.243 e. The van der Waals surface area contributed by atoms with Crippen LogP contribution in [0.4, 0.5) is 4.39 Å². The maximum absolute atomic E-state index is 13.0. The van der Waals surface area contributed by atoms with E-state index >= 15 is 0 Å². The predicted molar refractivity (Wildman–Crippen MR) is 78.9 cm³/mol. The molecule has 0 spiro atoms. The summed E-state index contributed by atoms with van der Waals surface area (Å²) in [7, 11) is -3.52. The van der Waals surface area contributed by atoms with Crippen LogP contribution in [-0.2, 0) is 10.0 Å². The second-order valence-electron chi connectivity index (χ2n) is 6.22. The highest BCUT2D eigenvalue weighted by Crippen LogP contribution is 2.35. The largest absolute Gasteiger partial charge is 0.298 e. The van der Waals surface area contributed by atoms with Gasteiger partial charge in [0.25, 0.3) is 0 Å². The molecule has 1 aromatic rings. The van der Waals surface area contributed by atoms with Crippen LogP contribution in [0.25, 0.3) is 0 Å². The Bertz CT molecular complexity index is 601. The molecule has 0 saturated carbocycles. The molecule has 1 aromatic carbocycles. The van der Waals surface area contributed by atoms with Gasteiger partial charge < -0.3 is 0 Å². The van der Waals surface area contributed by atoms with Gasteiger partial charge in [-0.2, -0.15) is 4.31 Å². The van der Waals surface area contributed by atoms with Gasteiger partial charge in [-0.15, -0.1) is 0 Å². The van der Waals surface area contributed by atoms with Crippen molar-refractivity contribution < 1.29 is 12.8 Å². The fourth-order valence-electron chi connectivity index (χ4n) is 3.44. The molecule has 0 aliphatic carbocycles. The van der Waals surface area contributed by atoms with Gasteiger partial charge >= 0.3 is 0 Å². The Labute approximate surface area is 125 Å². The molecule has 2 atom stereocenters. The molecule has 4 nitrogen and oxygen atoms in total. The summed E-state index contributed by atoms with van der Waals surface area (Å²) < 4.78 is 40.3. The monoisotopic (exact) mass is 312 g/mol. The number of fused-ring (bicyclic) bond motifs is 2. The summed E-state index contributed by atoms with van der Waals surface area (Å²) in [6.45, 7) is 5.86. The minimum Gasteiger partial charge on any atom is -0.298 e. The first kappa shape index (κ1) is 14.9. The van der Waals surface area contributed by atoms with E-state index in [9.17, 15) is 12.8 Å². The predicted octanol–water partition coefficient (Wildman–Crippen LogP) is 2.07. The molecule has 0 amide bonds. The van der Waals surface area contributed by atoms with E-state index < -0.39 is 15.8 Å². The molecule has 21 heavy (non-hydrogen) atoms. The van der Waals surface area contributed by atoms with Gasteiger partial charge in [0, 0.05) is 31.2 Å². The van der Waals surface area contributed by atoms with Crippen molar-refractivity contribution in [3.63, 3.8) is 0 Å². The normalized spacial score (nSPS) is 27.4. The Hall–Kier alpha value is -0.980. The first-order valence-electron chi connectivity index (χ1n) is 7.43. The highest BCUT2D eigenvalue weighted by Gasteiger charge is 2.46. The molecular weight excluding hydrogens is 291 g/mol. The molecule has 2 aliphatic rings. The zero-order valence-corrected chi connectivity index (χ0v) is 13.2. The highest BCUT2D eigenvalue weighted by atomic mass is 32.2. The van der Waals surface area contributed by atoms with Crippen molar-refractivity contribution in [3.05, 3.63) is 30.1 Å². The number of hydrogen-bond acceptors (Lipinski definition) is 3. The minimum atomic E-state index is -3.52. The van der Waals surface area contributed by atoms with Gasteiger partial charge in [-0.3, -0.25) is 4.90 Å². The van der Waals surface area contributed by atoms with E-state index in [4.69, 9.17) is 0 Å². The molecule has 3 rings (SSSR count). The number of likely N-dealkylation sites (tertiary alicyclic amines) is 1. The lowest BCUT2D eigenvalue weighted by Gasteiger charge is -2.41. The van der Waals surface area contributed by atoms with E-state index in [0.29, 0.717) is 6.04 Å². The van der Waals surface area contributed by atoms with Gasteiger partial charge in [-0.25, -0.2) is 12.8 Å². The number of hydrogen-bond donors (Lipinski definition) is 0. The SMILES string of the molecule is CC(C)N1CC2CCC(C1)N2S(=O)(=O)c1ccc(F)cc1. The molecule has 2 fully saturated rings. The third kappa shape index (κ3) is 2.60. The maximum atomic E-state index is 13.0. The first-order valence-corrected chi connectivity index (χ1v) is 8.87. The number of halogens is 1. The number of nitrogens with zero attached hydrogens (tertiary/aromatic N) is 2. The van der Waals surface area contributed by atoms with E-state index in [2.05, 4.69) is 18.7 Å². The van der Waals surface area contributed by atoms with Crippen LogP contribution in [0.3, 0.4) is 0 Å². The molecule has 2 bridgehead atoms. The van der Waals surface area contributed by atoms with Gasteiger partial charge in [0.05, 0.1) is 4.90 Å². The van der Waals surface area contributed by atoms with Crippen LogP contribution < -0.4 is 0 Å². The van der Waals surface area contributed by atoms with E-state index in [1.54, 1.807) is 4.31 Å². The van der Waals surface area contributed by atoms with E-state index in [0.717, 1.165) is 25.9 Å². The third-order valence-corrected chi connectivity index (χ3v) is 6.58. The molecular formula is C15H21FN2O2S. The summed E-state index contributed by atoms with van der Waals surface area (Å²) in [5, 5.41) is 0. The molecule has 2 unspecified atom stereocenters. The molecule has 2 saturated heterocycles. The zero-order chi connectivity index (χ0) is 15.2. The number of benzene rings is 1. The molecule has 2 aliphatic heterocycles. The van der Waals surface area contributed by atoms with Gasteiger partial charge in [-0.05, 0) is 51.0 Å². The fourth-order valence-corrected chi connectivity index (χ4v) is 5.29. The lowest BCUT2D eigenvalue weighted by molar-refractivity contribution is 0.103. The van der Waals surface area contributed by atoms with Crippen molar-refractivity contribution in [1.82, 2.24) is 9.21 Å². The van der Waals surface area contributed by atoms with E-state index in [1.165, 1.54) is 24.3 Å². The zero-order valence-electron chi connectivity index (χ0n) is 12.4. The van der Waals surface area contributed by atoms with Crippen molar-refractivity contribution in [1.29, 1.82) is 0 Å². The van der Waals surface area contributed by atoms with Crippen molar-refractivity contribution in [2.24, 2.45) is 0 Å². The molecule has 6 heteroatoms. The van der Waals surface area contributed by atoms with Crippen molar-refractivity contribution >= 4 is 10.0 Å². The van der Waals surface area contributed by atoms with Crippen LogP contribution in [0.2, 0.25) is 0 Å².